The molecule has 0 aromatic carbocycles. The zero-order valence-corrected chi connectivity index (χ0v) is 17.3. The van der Waals surface area contributed by atoms with Gasteiger partial charge in [0.05, 0.1) is 0 Å². The Balaban J connectivity index is -0.000000256. The second kappa shape index (κ2) is 27.0. The van der Waals surface area contributed by atoms with Gasteiger partial charge in [0.15, 0.2) is 0 Å². The molecule has 0 bridgehead atoms. The van der Waals surface area contributed by atoms with Crippen molar-refractivity contribution in [1.29, 1.82) is 0 Å². The molecule has 0 saturated heterocycles. The van der Waals surface area contributed by atoms with E-state index < -0.39 is 0 Å². The molecular weight excluding hydrogens is 282 g/mol. The summed E-state index contributed by atoms with van der Waals surface area (Å²) >= 11 is 0. The van der Waals surface area contributed by atoms with Gasteiger partial charge in [0.25, 0.3) is 0 Å². The Morgan fingerprint density at radius 3 is 1.11 bits per heavy atom. The average molecular weight is 320 g/mol. The fraction of sp³-hybridized carbons (Fsp3) is 0.889. The fourth-order valence-electron chi connectivity index (χ4n) is 1.90. The molecule has 0 aromatic heterocycles. The Bertz CT molecular complexity index is 86.3. The SMILES string of the molecule is C[CH-]CCCCCCC.C[CH-]CCCCCCC.[Zn+2]. The Kier molecular flexibility index (Phi) is 35.1. The van der Waals surface area contributed by atoms with Crippen molar-refractivity contribution >= 4 is 0 Å². The molecule has 0 fully saturated rings. The van der Waals surface area contributed by atoms with Crippen LogP contribution in [-0.4, -0.2) is 0 Å². The van der Waals surface area contributed by atoms with Crippen LogP contribution < -0.4 is 0 Å². The molecule has 0 aliphatic heterocycles. The van der Waals surface area contributed by atoms with E-state index in [0.29, 0.717) is 0 Å². The third-order valence-corrected chi connectivity index (χ3v) is 3.19. The minimum atomic E-state index is 0. The van der Waals surface area contributed by atoms with E-state index in [1.807, 2.05) is 0 Å². The molecule has 0 atom stereocenters. The second-order valence-corrected chi connectivity index (χ2v) is 5.22. The van der Waals surface area contributed by atoms with Gasteiger partial charge >= 0.3 is 19.5 Å². The molecule has 0 rings (SSSR count). The summed E-state index contributed by atoms with van der Waals surface area (Å²) in [5.74, 6) is 0. The molecule has 0 nitrogen and oxygen atoms in total. The molecule has 0 saturated carbocycles. The van der Waals surface area contributed by atoms with Crippen LogP contribution in [0.3, 0.4) is 0 Å². The van der Waals surface area contributed by atoms with Gasteiger partial charge in [-0.3, -0.25) is 0 Å². The number of hydrogen-bond donors (Lipinski definition) is 0. The summed E-state index contributed by atoms with van der Waals surface area (Å²) in [4.78, 5) is 0. The Labute approximate surface area is 137 Å². The zero-order valence-electron chi connectivity index (χ0n) is 14.3. The Hall–Kier alpha value is 0.623. The Morgan fingerprint density at radius 1 is 0.526 bits per heavy atom. The van der Waals surface area contributed by atoms with E-state index in [4.69, 9.17) is 0 Å². The van der Waals surface area contributed by atoms with Gasteiger partial charge < -0.3 is 12.8 Å². The second-order valence-electron chi connectivity index (χ2n) is 5.22. The van der Waals surface area contributed by atoms with Gasteiger partial charge in [0.1, 0.15) is 0 Å². The summed E-state index contributed by atoms with van der Waals surface area (Å²) in [6, 6.07) is 0. The van der Waals surface area contributed by atoms with Crippen LogP contribution >= 0.6 is 0 Å². The van der Waals surface area contributed by atoms with Gasteiger partial charge in [-0.1, -0.05) is 78.1 Å². The van der Waals surface area contributed by atoms with Crippen molar-refractivity contribution in [1.82, 2.24) is 0 Å². The summed E-state index contributed by atoms with van der Waals surface area (Å²) < 4.78 is 0. The van der Waals surface area contributed by atoms with Crippen LogP contribution in [0.1, 0.15) is 105 Å². The van der Waals surface area contributed by atoms with E-state index in [1.165, 1.54) is 77.0 Å². The predicted octanol–water partition coefficient (Wildman–Crippen LogP) is 7.14. The van der Waals surface area contributed by atoms with E-state index in [1.54, 1.807) is 0 Å². The molecule has 112 valence electrons. The third kappa shape index (κ3) is 32.3. The predicted molar refractivity (Wildman–Crippen MR) is 86.7 cm³/mol. The summed E-state index contributed by atoms with van der Waals surface area (Å²) in [5, 5.41) is 0. The quantitative estimate of drug-likeness (QED) is 0.204. The maximum atomic E-state index is 2.26. The smallest absolute Gasteiger partial charge is 0.332 e. The van der Waals surface area contributed by atoms with Gasteiger partial charge in [-0.2, -0.15) is 26.7 Å². The average Bonchev–Trinajstić information content (AvgIpc) is 2.39. The van der Waals surface area contributed by atoms with Crippen molar-refractivity contribution in [3.63, 3.8) is 0 Å². The van der Waals surface area contributed by atoms with Crippen LogP contribution in [0.4, 0.5) is 0 Å². The Morgan fingerprint density at radius 2 is 0.842 bits per heavy atom. The summed E-state index contributed by atoms with van der Waals surface area (Å²) in [5.41, 5.74) is 0. The van der Waals surface area contributed by atoms with E-state index in [2.05, 4.69) is 40.5 Å². The first-order valence-corrected chi connectivity index (χ1v) is 8.39. The molecule has 0 aliphatic rings. The topological polar surface area (TPSA) is 0 Å². The number of rotatable bonds is 12. The summed E-state index contributed by atoms with van der Waals surface area (Å²) in [6.45, 7) is 8.79. The molecule has 0 radical (unpaired) electrons. The third-order valence-electron chi connectivity index (χ3n) is 3.19. The van der Waals surface area contributed by atoms with Crippen LogP contribution in [0.2, 0.25) is 0 Å². The van der Waals surface area contributed by atoms with Gasteiger partial charge in [0, 0.05) is 0 Å². The molecule has 19 heavy (non-hydrogen) atoms. The van der Waals surface area contributed by atoms with Crippen LogP contribution in [0, 0.1) is 12.8 Å². The zero-order chi connectivity index (χ0) is 13.9. The number of hydrogen-bond acceptors (Lipinski definition) is 0. The molecular formula is C18H38Zn. The number of unbranched alkanes of at least 4 members (excludes halogenated alkanes) is 12. The first-order valence-electron chi connectivity index (χ1n) is 8.39. The molecule has 0 unspecified atom stereocenters. The summed E-state index contributed by atoms with van der Waals surface area (Å²) in [7, 11) is 0. The van der Waals surface area contributed by atoms with E-state index >= 15 is 0 Å². The van der Waals surface area contributed by atoms with E-state index in [9.17, 15) is 0 Å². The van der Waals surface area contributed by atoms with Gasteiger partial charge in [0.2, 0.25) is 0 Å². The first-order chi connectivity index (χ1) is 8.83. The standard InChI is InChI=1S/2C9H19.Zn/c2*1-3-5-7-9-8-6-4-2;/h2*3H,4-9H2,1-2H3;/q2*-1;+2. The minimum absolute atomic E-state index is 0. The van der Waals surface area contributed by atoms with Gasteiger partial charge in [-0.05, 0) is 0 Å². The van der Waals surface area contributed by atoms with Crippen molar-refractivity contribution < 1.29 is 19.5 Å². The van der Waals surface area contributed by atoms with E-state index in [0.717, 1.165) is 0 Å². The van der Waals surface area contributed by atoms with Crippen molar-refractivity contribution in [2.75, 3.05) is 0 Å². The van der Waals surface area contributed by atoms with Crippen molar-refractivity contribution in [2.24, 2.45) is 0 Å². The largest absolute Gasteiger partial charge is 2.00 e. The molecule has 0 heterocycles. The van der Waals surface area contributed by atoms with E-state index in [-0.39, 0.29) is 19.5 Å². The molecule has 0 spiro atoms. The molecule has 0 amide bonds. The minimum Gasteiger partial charge on any atom is -0.332 e. The molecule has 0 aromatic rings. The fourth-order valence-corrected chi connectivity index (χ4v) is 1.90. The monoisotopic (exact) mass is 318 g/mol. The maximum absolute atomic E-state index is 2.26. The van der Waals surface area contributed by atoms with Crippen molar-refractivity contribution in [2.45, 2.75) is 105 Å². The van der Waals surface area contributed by atoms with Gasteiger partial charge in [-0.25, -0.2) is 0 Å². The maximum Gasteiger partial charge on any atom is 2.00 e. The van der Waals surface area contributed by atoms with Crippen LogP contribution in [0.5, 0.6) is 0 Å². The van der Waals surface area contributed by atoms with Crippen LogP contribution in [0.15, 0.2) is 0 Å². The molecule has 0 aliphatic carbocycles. The normalized spacial score (nSPS) is 9.47. The first kappa shape index (κ1) is 24.6. The van der Waals surface area contributed by atoms with Gasteiger partial charge in [-0.15, -0.1) is 0 Å². The van der Waals surface area contributed by atoms with Crippen molar-refractivity contribution in [3.8, 4) is 0 Å². The molecule has 1 heteroatoms. The van der Waals surface area contributed by atoms with Crippen LogP contribution in [-0.2, 0) is 19.5 Å². The van der Waals surface area contributed by atoms with Crippen molar-refractivity contribution in [3.05, 3.63) is 12.8 Å². The molecule has 0 N–H and O–H groups in total. The summed E-state index contributed by atoms with van der Waals surface area (Å²) in [6.07, 6.45) is 21.2. The van der Waals surface area contributed by atoms with Crippen LogP contribution in [0.25, 0.3) is 0 Å².